The van der Waals surface area contributed by atoms with Crippen molar-refractivity contribution in [3.8, 4) is 0 Å². The minimum absolute atomic E-state index is 0.0233. The maximum Gasteiger partial charge on any atom is 0.338 e. The highest BCUT2D eigenvalue weighted by Crippen LogP contribution is 2.21. The lowest BCUT2D eigenvalue weighted by Crippen LogP contribution is -2.23. The van der Waals surface area contributed by atoms with Gasteiger partial charge >= 0.3 is 5.97 Å². The van der Waals surface area contributed by atoms with E-state index >= 15 is 0 Å². The van der Waals surface area contributed by atoms with Crippen LogP contribution in [0, 0.1) is 0 Å². The third-order valence-electron chi connectivity index (χ3n) is 2.32. The van der Waals surface area contributed by atoms with Crippen LogP contribution in [-0.2, 0) is 4.74 Å². The van der Waals surface area contributed by atoms with Crippen molar-refractivity contribution in [3.05, 3.63) is 34.9 Å². The van der Waals surface area contributed by atoms with Gasteiger partial charge in [0.05, 0.1) is 18.6 Å². The predicted molar refractivity (Wildman–Crippen MR) is 56.2 cm³/mol. The van der Waals surface area contributed by atoms with Crippen LogP contribution in [0.3, 0.4) is 0 Å². The normalized spacial score (nSPS) is 10.2. The molecule has 0 saturated carbocycles. The second-order valence-electron chi connectivity index (χ2n) is 3.74. The smallest absolute Gasteiger partial charge is 0.338 e. The van der Waals surface area contributed by atoms with E-state index in [9.17, 15) is 14.7 Å². The van der Waals surface area contributed by atoms with Crippen molar-refractivity contribution in [2.24, 2.45) is 0 Å². The van der Waals surface area contributed by atoms with Crippen LogP contribution in [0.5, 0.6) is 0 Å². The number of rotatable bonds is 3. The summed E-state index contributed by atoms with van der Waals surface area (Å²) in [5.74, 6) is -1.72. The Kier molecular flexibility index (Phi) is 3.66. The van der Waals surface area contributed by atoms with Crippen LogP contribution in [0.4, 0.5) is 0 Å². The Morgan fingerprint density at radius 2 is 1.94 bits per heavy atom. The molecule has 0 aliphatic rings. The standard InChI is InChI=1S/C12H14O4/c1-7(2)9-5-4-8(11(13)14)6-10(9)12(15)16-3/h4-7H,1-3H3,(H,13,14)/p-1. The van der Waals surface area contributed by atoms with Crippen molar-refractivity contribution in [1.29, 1.82) is 0 Å². The Bertz CT molecular complexity index is 421. The van der Waals surface area contributed by atoms with Crippen molar-refractivity contribution in [3.63, 3.8) is 0 Å². The summed E-state index contributed by atoms with van der Waals surface area (Å²) in [6.07, 6.45) is 0. The van der Waals surface area contributed by atoms with Crippen molar-refractivity contribution in [2.75, 3.05) is 7.11 Å². The van der Waals surface area contributed by atoms with E-state index in [1.165, 1.54) is 19.2 Å². The Balaban J connectivity index is 3.32. The molecule has 4 nitrogen and oxygen atoms in total. The zero-order chi connectivity index (χ0) is 12.3. The van der Waals surface area contributed by atoms with Gasteiger partial charge in [0.25, 0.3) is 0 Å². The number of esters is 1. The van der Waals surface area contributed by atoms with Gasteiger partial charge < -0.3 is 14.6 Å². The number of aromatic carboxylic acids is 1. The lowest BCUT2D eigenvalue weighted by atomic mass is 9.95. The summed E-state index contributed by atoms with van der Waals surface area (Å²) in [6.45, 7) is 3.83. The van der Waals surface area contributed by atoms with E-state index in [4.69, 9.17) is 0 Å². The number of carboxylic acids is 1. The fraction of sp³-hybridized carbons (Fsp3) is 0.333. The number of methoxy groups -OCH3 is 1. The van der Waals surface area contributed by atoms with Crippen LogP contribution in [0.15, 0.2) is 18.2 Å². The summed E-state index contributed by atoms with van der Waals surface area (Å²) in [6, 6.07) is 4.33. The third-order valence-corrected chi connectivity index (χ3v) is 2.32. The summed E-state index contributed by atoms with van der Waals surface area (Å²) in [5.41, 5.74) is 1.01. The molecule has 86 valence electrons. The van der Waals surface area contributed by atoms with Gasteiger partial charge in [0, 0.05) is 0 Å². The van der Waals surface area contributed by atoms with E-state index in [0.29, 0.717) is 0 Å². The van der Waals surface area contributed by atoms with Crippen LogP contribution < -0.4 is 5.11 Å². The number of benzene rings is 1. The highest BCUT2D eigenvalue weighted by molar-refractivity contribution is 5.95. The molecule has 4 heteroatoms. The molecule has 1 aromatic rings. The minimum atomic E-state index is -1.31. The fourth-order valence-electron chi connectivity index (χ4n) is 1.47. The topological polar surface area (TPSA) is 66.4 Å². The number of hydrogen-bond donors (Lipinski definition) is 0. The molecule has 0 heterocycles. The molecule has 0 bridgehead atoms. The van der Waals surface area contributed by atoms with Crippen molar-refractivity contribution < 1.29 is 19.4 Å². The maximum absolute atomic E-state index is 11.5. The summed E-state index contributed by atoms with van der Waals surface area (Å²) in [7, 11) is 1.26. The van der Waals surface area contributed by atoms with Gasteiger partial charge in [0.15, 0.2) is 0 Å². The van der Waals surface area contributed by atoms with E-state index in [-0.39, 0.29) is 17.0 Å². The molecular weight excluding hydrogens is 208 g/mol. The van der Waals surface area contributed by atoms with Crippen LogP contribution in [-0.4, -0.2) is 19.0 Å². The van der Waals surface area contributed by atoms with Crippen molar-refractivity contribution in [1.82, 2.24) is 0 Å². The molecule has 0 unspecified atom stereocenters. The third kappa shape index (κ3) is 2.39. The monoisotopic (exact) mass is 221 g/mol. The molecule has 1 rings (SSSR count). The van der Waals surface area contributed by atoms with Gasteiger partial charge in [-0.25, -0.2) is 4.79 Å². The van der Waals surface area contributed by atoms with Gasteiger partial charge in [-0.05, 0) is 23.1 Å². The first-order valence-corrected chi connectivity index (χ1v) is 4.91. The molecule has 0 atom stereocenters. The fourth-order valence-corrected chi connectivity index (χ4v) is 1.47. The molecule has 0 N–H and O–H groups in total. The Morgan fingerprint density at radius 1 is 1.31 bits per heavy atom. The van der Waals surface area contributed by atoms with Gasteiger partial charge in [0.2, 0.25) is 0 Å². The first-order valence-electron chi connectivity index (χ1n) is 4.91. The molecule has 0 aromatic heterocycles. The average Bonchev–Trinajstić information content (AvgIpc) is 2.26. The van der Waals surface area contributed by atoms with Crippen molar-refractivity contribution in [2.45, 2.75) is 19.8 Å². The molecule has 0 fully saturated rings. The summed E-state index contributed by atoms with van der Waals surface area (Å²) in [4.78, 5) is 22.2. The van der Waals surface area contributed by atoms with Crippen LogP contribution in [0.2, 0.25) is 0 Å². The average molecular weight is 221 g/mol. The Hall–Kier alpha value is -1.84. The van der Waals surface area contributed by atoms with E-state index < -0.39 is 11.9 Å². The zero-order valence-corrected chi connectivity index (χ0v) is 9.44. The Labute approximate surface area is 93.9 Å². The number of hydrogen-bond acceptors (Lipinski definition) is 4. The molecule has 0 saturated heterocycles. The largest absolute Gasteiger partial charge is 0.545 e. The quantitative estimate of drug-likeness (QED) is 0.713. The molecular formula is C12H13O4-. The predicted octanol–water partition coefficient (Wildman–Crippen LogP) is 0.960. The zero-order valence-electron chi connectivity index (χ0n) is 9.44. The van der Waals surface area contributed by atoms with E-state index in [1.807, 2.05) is 13.8 Å². The van der Waals surface area contributed by atoms with Gasteiger partial charge in [0.1, 0.15) is 0 Å². The highest BCUT2D eigenvalue weighted by Gasteiger charge is 2.15. The van der Waals surface area contributed by atoms with E-state index in [2.05, 4.69) is 4.74 Å². The van der Waals surface area contributed by atoms with Crippen LogP contribution >= 0.6 is 0 Å². The molecule has 0 spiro atoms. The van der Waals surface area contributed by atoms with Crippen LogP contribution in [0.25, 0.3) is 0 Å². The first-order chi connectivity index (χ1) is 7.47. The number of carbonyl (C=O) groups is 2. The molecule has 0 radical (unpaired) electrons. The SMILES string of the molecule is COC(=O)c1cc(C(=O)[O-])ccc1C(C)C. The lowest BCUT2D eigenvalue weighted by Gasteiger charge is -2.13. The molecule has 16 heavy (non-hydrogen) atoms. The first kappa shape index (κ1) is 12.2. The van der Waals surface area contributed by atoms with Crippen LogP contribution in [0.1, 0.15) is 46.0 Å². The molecule has 0 amide bonds. The van der Waals surface area contributed by atoms with E-state index in [0.717, 1.165) is 5.56 Å². The number of ether oxygens (including phenoxy) is 1. The second kappa shape index (κ2) is 4.79. The minimum Gasteiger partial charge on any atom is -0.545 e. The highest BCUT2D eigenvalue weighted by atomic mass is 16.5. The van der Waals surface area contributed by atoms with Gasteiger partial charge in [-0.3, -0.25) is 0 Å². The lowest BCUT2D eigenvalue weighted by molar-refractivity contribution is -0.255. The summed E-state index contributed by atoms with van der Waals surface area (Å²) < 4.78 is 4.61. The summed E-state index contributed by atoms with van der Waals surface area (Å²) >= 11 is 0. The number of carbonyl (C=O) groups excluding carboxylic acids is 2. The second-order valence-corrected chi connectivity index (χ2v) is 3.74. The molecule has 0 aliphatic carbocycles. The van der Waals surface area contributed by atoms with Gasteiger partial charge in [-0.15, -0.1) is 0 Å². The van der Waals surface area contributed by atoms with Gasteiger partial charge in [-0.1, -0.05) is 26.0 Å². The summed E-state index contributed by atoms with van der Waals surface area (Å²) in [5, 5.41) is 10.7. The maximum atomic E-state index is 11.5. The van der Waals surface area contributed by atoms with Crippen molar-refractivity contribution >= 4 is 11.9 Å². The molecule has 1 aromatic carbocycles. The van der Waals surface area contributed by atoms with Gasteiger partial charge in [-0.2, -0.15) is 0 Å². The molecule has 0 aliphatic heterocycles. The Morgan fingerprint density at radius 3 is 2.38 bits per heavy atom. The number of carboxylic acid groups (broad SMARTS) is 1. The van der Waals surface area contributed by atoms with E-state index in [1.54, 1.807) is 6.07 Å².